The molecule has 0 N–H and O–H groups in total. The van der Waals surface area contributed by atoms with Gasteiger partial charge in [-0.15, -0.1) is 0 Å². The van der Waals surface area contributed by atoms with E-state index in [9.17, 15) is 9.59 Å². The van der Waals surface area contributed by atoms with E-state index in [2.05, 4.69) is 19.1 Å². The standard InChI is InChI=1S/C19H27NO4/c1-3-15-6-8-17(9-7-15)24-14-4-5-18(21)20-12-10-16(11-13-20)19(22)23-2/h6-9,16H,3-5,10-14H2,1-2H3. The zero-order valence-electron chi connectivity index (χ0n) is 14.6. The van der Waals surface area contributed by atoms with E-state index in [1.54, 1.807) is 0 Å². The van der Waals surface area contributed by atoms with Gasteiger partial charge < -0.3 is 14.4 Å². The number of likely N-dealkylation sites (tertiary alicyclic amines) is 1. The number of carbonyl (C=O) groups is 2. The van der Waals surface area contributed by atoms with Gasteiger partial charge in [0.25, 0.3) is 0 Å². The SMILES string of the molecule is CCc1ccc(OCCCC(=O)N2CCC(C(=O)OC)CC2)cc1. The Morgan fingerprint density at radius 3 is 2.42 bits per heavy atom. The number of amides is 1. The molecular weight excluding hydrogens is 306 g/mol. The number of rotatable bonds is 7. The van der Waals surface area contributed by atoms with Crippen molar-refractivity contribution in [2.24, 2.45) is 5.92 Å². The maximum absolute atomic E-state index is 12.2. The van der Waals surface area contributed by atoms with Gasteiger partial charge in [0.2, 0.25) is 5.91 Å². The molecule has 1 amide bonds. The highest BCUT2D eigenvalue weighted by atomic mass is 16.5. The molecule has 1 heterocycles. The van der Waals surface area contributed by atoms with Gasteiger partial charge in [-0.25, -0.2) is 0 Å². The Kier molecular flexibility index (Phi) is 7.09. The number of esters is 1. The maximum atomic E-state index is 12.2. The summed E-state index contributed by atoms with van der Waals surface area (Å²) in [4.78, 5) is 25.5. The second kappa shape index (κ2) is 9.30. The molecule has 5 heteroatoms. The fourth-order valence-corrected chi connectivity index (χ4v) is 2.92. The molecule has 1 aliphatic heterocycles. The molecule has 2 rings (SSSR count). The topological polar surface area (TPSA) is 55.8 Å². The van der Waals surface area contributed by atoms with E-state index in [4.69, 9.17) is 9.47 Å². The summed E-state index contributed by atoms with van der Waals surface area (Å²) in [5, 5.41) is 0. The fourth-order valence-electron chi connectivity index (χ4n) is 2.92. The highest BCUT2D eigenvalue weighted by Crippen LogP contribution is 2.19. The molecule has 24 heavy (non-hydrogen) atoms. The largest absolute Gasteiger partial charge is 0.494 e. The molecular formula is C19H27NO4. The number of piperidine rings is 1. The maximum Gasteiger partial charge on any atom is 0.308 e. The Morgan fingerprint density at radius 2 is 1.83 bits per heavy atom. The molecule has 1 fully saturated rings. The average molecular weight is 333 g/mol. The number of aryl methyl sites for hydroxylation is 1. The summed E-state index contributed by atoms with van der Waals surface area (Å²) in [6.45, 7) is 3.93. The van der Waals surface area contributed by atoms with Crippen molar-refractivity contribution in [2.45, 2.75) is 39.0 Å². The highest BCUT2D eigenvalue weighted by Gasteiger charge is 2.27. The first-order valence-electron chi connectivity index (χ1n) is 8.71. The minimum atomic E-state index is -0.162. The number of nitrogens with zero attached hydrogens (tertiary/aromatic N) is 1. The lowest BCUT2D eigenvalue weighted by Gasteiger charge is -2.30. The highest BCUT2D eigenvalue weighted by molar-refractivity contribution is 5.77. The average Bonchev–Trinajstić information content (AvgIpc) is 2.65. The van der Waals surface area contributed by atoms with E-state index in [-0.39, 0.29) is 17.8 Å². The van der Waals surface area contributed by atoms with E-state index < -0.39 is 0 Å². The molecule has 0 spiro atoms. The lowest BCUT2D eigenvalue weighted by Crippen LogP contribution is -2.40. The van der Waals surface area contributed by atoms with Crippen molar-refractivity contribution in [1.29, 1.82) is 0 Å². The first kappa shape index (κ1) is 18.3. The summed E-state index contributed by atoms with van der Waals surface area (Å²) in [6.07, 6.45) is 3.58. The second-order valence-corrected chi connectivity index (χ2v) is 6.13. The monoisotopic (exact) mass is 333 g/mol. The lowest BCUT2D eigenvalue weighted by molar-refractivity contribution is -0.148. The molecule has 0 saturated carbocycles. The summed E-state index contributed by atoms with van der Waals surface area (Å²) in [5.41, 5.74) is 1.29. The van der Waals surface area contributed by atoms with Crippen LogP contribution in [0.1, 0.15) is 38.2 Å². The summed E-state index contributed by atoms with van der Waals surface area (Å²) in [5.74, 6) is 0.764. The normalized spacial score (nSPS) is 15.2. The third kappa shape index (κ3) is 5.25. The van der Waals surface area contributed by atoms with Gasteiger partial charge in [-0.3, -0.25) is 9.59 Å². The number of ether oxygens (including phenoxy) is 2. The molecule has 0 atom stereocenters. The van der Waals surface area contributed by atoms with Crippen LogP contribution in [0, 0.1) is 5.92 Å². The number of benzene rings is 1. The van der Waals surface area contributed by atoms with Crippen LogP contribution in [0.3, 0.4) is 0 Å². The van der Waals surface area contributed by atoms with Gasteiger partial charge in [0, 0.05) is 19.5 Å². The van der Waals surface area contributed by atoms with Gasteiger partial charge in [-0.2, -0.15) is 0 Å². The molecule has 0 aromatic heterocycles. The molecule has 0 unspecified atom stereocenters. The van der Waals surface area contributed by atoms with Crippen LogP contribution in [0.5, 0.6) is 5.75 Å². The van der Waals surface area contributed by atoms with E-state index in [0.29, 0.717) is 45.4 Å². The zero-order chi connectivity index (χ0) is 17.4. The minimum absolute atomic E-state index is 0.0616. The second-order valence-electron chi connectivity index (χ2n) is 6.13. The van der Waals surface area contributed by atoms with Crippen LogP contribution in [-0.4, -0.2) is 43.6 Å². The Balaban J connectivity index is 1.64. The molecule has 1 aromatic carbocycles. The quantitative estimate of drug-likeness (QED) is 0.569. The van der Waals surface area contributed by atoms with Crippen LogP contribution in [0.25, 0.3) is 0 Å². The van der Waals surface area contributed by atoms with Crippen molar-refractivity contribution < 1.29 is 19.1 Å². The number of hydrogen-bond acceptors (Lipinski definition) is 4. The molecule has 1 aromatic rings. The Hall–Kier alpha value is -2.04. The third-order valence-corrected chi connectivity index (χ3v) is 4.52. The molecule has 5 nitrogen and oxygen atoms in total. The molecule has 0 bridgehead atoms. The van der Waals surface area contributed by atoms with E-state index in [0.717, 1.165) is 12.2 Å². The predicted octanol–water partition coefficient (Wildman–Crippen LogP) is 2.82. The summed E-state index contributed by atoms with van der Waals surface area (Å²) in [6, 6.07) is 8.06. The van der Waals surface area contributed by atoms with Crippen molar-refractivity contribution >= 4 is 11.9 Å². The van der Waals surface area contributed by atoms with E-state index in [1.165, 1.54) is 12.7 Å². The van der Waals surface area contributed by atoms with Crippen LogP contribution in [0.15, 0.2) is 24.3 Å². The van der Waals surface area contributed by atoms with Crippen LogP contribution in [0.4, 0.5) is 0 Å². The van der Waals surface area contributed by atoms with Gasteiger partial charge in [-0.05, 0) is 43.4 Å². The van der Waals surface area contributed by atoms with Crippen molar-refractivity contribution in [3.05, 3.63) is 29.8 Å². The molecule has 1 saturated heterocycles. The zero-order valence-corrected chi connectivity index (χ0v) is 14.6. The first-order valence-corrected chi connectivity index (χ1v) is 8.71. The Labute approximate surface area is 143 Å². The number of methoxy groups -OCH3 is 1. The van der Waals surface area contributed by atoms with Crippen LogP contribution in [-0.2, 0) is 20.7 Å². The van der Waals surface area contributed by atoms with Gasteiger partial charge in [0.05, 0.1) is 19.6 Å². The lowest BCUT2D eigenvalue weighted by atomic mass is 9.97. The minimum Gasteiger partial charge on any atom is -0.494 e. The number of carbonyl (C=O) groups excluding carboxylic acids is 2. The van der Waals surface area contributed by atoms with Crippen LogP contribution in [0.2, 0.25) is 0 Å². The third-order valence-electron chi connectivity index (χ3n) is 4.52. The first-order chi connectivity index (χ1) is 11.6. The van der Waals surface area contributed by atoms with Crippen LogP contribution >= 0.6 is 0 Å². The fraction of sp³-hybridized carbons (Fsp3) is 0.579. The van der Waals surface area contributed by atoms with Crippen molar-refractivity contribution in [2.75, 3.05) is 26.8 Å². The van der Waals surface area contributed by atoms with Crippen LogP contribution < -0.4 is 4.74 Å². The number of hydrogen-bond donors (Lipinski definition) is 0. The van der Waals surface area contributed by atoms with E-state index >= 15 is 0 Å². The van der Waals surface area contributed by atoms with Gasteiger partial charge in [0.1, 0.15) is 5.75 Å². The summed E-state index contributed by atoms with van der Waals surface area (Å²) in [7, 11) is 1.41. The predicted molar refractivity (Wildman–Crippen MR) is 91.9 cm³/mol. The van der Waals surface area contributed by atoms with Crippen molar-refractivity contribution in [1.82, 2.24) is 4.90 Å². The Bertz CT molecular complexity index is 533. The Morgan fingerprint density at radius 1 is 1.17 bits per heavy atom. The van der Waals surface area contributed by atoms with E-state index in [1.807, 2.05) is 17.0 Å². The van der Waals surface area contributed by atoms with Gasteiger partial charge >= 0.3 is 5.97 Å². The summed E-state index contributed by atoms with van der Waals surface area (Å²) >= 11 is 0. The molecule has 0 aliphatic carbocycles. The molecule has 0 radical (unpaired) electrons. The summed E-state index contributed by atoms with van der Waals surface area (Å²) < 4.78 is 10.4. The molecule has 1 aliphatic rings. The molecule has 132 valence electrons. The van der Waals surface area contributed by atoms with Crippen molar-refractivity contribution in [3.63, 3.8) is 0 Å². The van der Waals surface area contributed by atoms with Gasteiger partial charge in [-0.1, -0.05) is 19.1 Å². The smallest absolute Gasteiger partial charge is 0.308 e. The van der Waals surface area contributed by atoms with Crippen molar-refractivity contribution in [3.8, 4) is 5.75 Å². The van der Waals surface area contributed by atoms with Gasteiger partial charge in [0.15, 0.2) is 0 Å².